The number of fused-ring (bicyclic) bond motifs is 1. The zero-order valence-corrected chi connectivity index (χ0v) is 14.5. The summed E-state index contributed by atoms with van der Waals surface area (Å²) in [6, 6.07) is 8.12. The standard InChI is InChI=1S/C19H22N2O4/c1-12-16(13(2)25-21-12)10-19(23)24-11-18(22)20-17-9-5-7-14-6-3-4-8-15(14)17/h3-4,6,8,17H,5,7,9-11H2,1-2H3,(H,20,22)/t17-/m1/s1. The van der Waals surface area contributed by atoms with Gasteiger partial charge in [0.1, 0.15) is 5.76 Å². The number of nitrogens with one attached hydrogen (secondary N) is 1. The van der Waals surface area contributed by atoms with E-state index in [1.807, 2.05) is 18.2 Å². The van der Waals surface area contributed by atoms with Gasteiger partial charge in [0, 0.05) is 5.56 Å². The summed E-state index contributed by atoms with van der Waals surface area (Å²) in [5, 5.41) is 6.77. The summed E-state index contributed by atoms with van der Waals surface area (Å²) in [4.78, 5) is 24.1. The van der Waals surface area contributed by atoms with E-state index in [0.717, 1.165) is 24.8 Å². The van der Waals surface area contributed by atoms with Gasteiger partial charge < -0.3 is 14.6 Å². The maximum absolute atomic E-state index is 12.1. The van der Waals surface area contributed by atoms with Crippen molar-refractivity contribution in [2.24, 2.45) is 0 Å². The lowest BCUT2D eigenvalue weighted by atomic mass is 9.88. The molecule has 0 radical (unpaired) electrons. The Kier molecular flexibility index (Phi) is 5.16. The van der Waals surface area contributed by atoms with E-state index >= 15 is 0 Å². The van der Waals surface area contributed by atoms with E-state index < -0.39 is 5.97 Å². The molecule has 0 spiro atoms. The first-order valence-corrected chi connectivity index (χ1v) is 8.49. The quantitative estimate of drug-likeness (QED) is 0.845. The van der Waals surface area contributed by atoms with Crippen LogP contribution in [-0.2, 0) is 27.2 Å². The Balaban J connectivity index is 1.51. The predicted octanol–water partition coefficient (Wildman–Crippen LogP) is 2.57. The highest BCUT2D eigenvalue weighted by Gasteiger charge is 2.22. The molecule has 0 saturated carbocycles. The predicted molar refractivity (Wildman–Crippen MR) is 90.9 cm³/mol. The molecule has 1 aliphatic carbocycles. The number of hydrogen-bond acceptors (Lipinski definition) is 5. The second kappa shape index (κ2) is 7.51. The molecule has 6 heteroatoms. The van der Waals surface area contributed by atoms with Crippen molar-refractivity contribution in [2.45, 2.75) is 45.6 Å². The van der Waals surface area contributed by atoms with Crippen molar-refractivity contribution in [3.63, 3.8) is 0 Å². The number of carbonyl (C=O) groups excluding carboxylic acids is 2. The van der Waals surface area contributed by atoms with E-state index in [2.05, 4.69) is 16.5 Å². The average molecular weight is 342 g/mol. The highest BCUT2D eigenvalue weighted by atomic mass is 16.5. The summed E-state index contributed by atoms with van der Waals surface area (Å²) in [6.07, 6.45) is 3.03. The van der Waals surface area contributed by atoms with Crippen molar-refractivity contribution in [2.75, 3.05) is 6.61 Å². The van der Waals surface area contributed by atoms with E-state index in [-0.39, 0.29) is 25.0 Å². The fraction of sp³-hybridized carbons (Fsp3) is 0.421. The number of ether oxygens (including phenoxy) is 1. The first-order valence-electron chi connectivity index (χ1n) is 8.49. The van der Waals surface area contributed by atoms with Crippen molar-refractivity contribution < 1.29 is 18.8 Å². The lowest BCUT2D eigenvalue weighted by molar-refractivity contribution is -0.148. The van der Waals surface area contributed by atoms with E-state index in [4.69, 9.17) is 9.26 Å². The number of esters is 1. The third-order valence-electron chi connectivity index (χ3n) is 4.57. The summed E-state index contributed by atoms with van der Waals surface area (Å²) in [5.41, 5.74) is 3.81. The third kappa shape index (κ3) is 4.07. The molecule has 1 aliphatic rings. The van der Waals surface area contributed by atoms with Crippen molar-refractivity contribution in [3.8, 4) is 0 Å². The molecule has 0 bridgehead atoms. The average Bonchev–Trinajstić information content (AvgIpc) is 2.92. The van der Waals surface area contributed by atoms with Crippen LogP contribution in [0.3, 0.4) is 0 Å². The molecule has 0 fully saturated rings. The lowest BCUT2D eigenvalue weighted by Gasteiger charge is -2.26. The molecule has 25 heavy (non-hydrogen) atoms. The Morgan fingerprint density at radius 1 is 1.32 bits per heavy atom. The van der Waals surface area contributed by atoms with Gasteiger partial charge in [-0.25, -0.2) is 0 Å². The third-order valence-corrected chi connectivity index (χ3v) is 4.57. The molecule has 1 heterocycles. The largest absolute Gasteiger partial charge is 0.455 e. The minimum absolute atomic E-state index is 0.0151. The summed E-state index contributed by atoms with van der Waals surface area (Å²) >= 11 is 0. The van der Waals surface area contributed by atoms with Gasteiger partial charge in [0.15, 0.2) is 6.61 Å². The zero-order valence-electron chi connectivity index (χ0n) is 14.5. The van der Waals surface area contributed by atoms with Gasteiger partial charge in [-0.15, -0.1) is 0 Å². The minimum Gasteiger partial charge on any atom is -0.455 e. The van der Waals surface area contributed by atoms with Crippen LogP contribution in [0.15, 0.2) is 28.8 Å². The molecule has 132 valence electrons. The normalized spacial score (nSPS) is 16.2. The number of hydrogen-bond donors (Lipinski definition) is 1. The monoisotopic (exact) mass is 342 g/mol. The van der Waals surface area contributed by atoms with E-state index in [0.29, 0.717) is 17.0 Å². The van der Waals surface area contributed by atoms with Gasteiger partial charge in [-0.2, -0.15) is 0 Å². The van der Waals surface area contributed by atoms with Crippen LogP contribution in [-0.4, -0.2) is 23.6 Å². The van der Waals surface area contributed by atoms with Crippen LogP contribution < -0.4 is 5.32 Å². The lowest BCUT2D eigenvalue weighted by Crippen LogP contribution is -2.34. The van der Waals surface area contributed by atoms with E-state index in [1.54, 1.807) is 13.8 Å². The Labute approximate surface area is 146 Å². The van der Waals surface area contributed by atoms with Crippen LogP contribution in [0.2, 0.25) is 0 Å². The van der Waals surface area contributed by atoms with Crippen LogP contribution in [0.1, 0.15) is 47.0 Å². The van der Waals surface area contributed by atoms with Gasteiger partial charge in [0.05, 0.1) is 18.2 Å². The fourth-order valence-electron chi connectivity index (χ4n) is 3.24. The highest BCUT2D eigenvalue weighted by molar-refractivity contribution is 5.81. The van der Waals surface area contributed by atoms with Crippen LogP contribution in [0, 0.1) is 13.8 Å². The fourth-order valence-corrected chi connectivity index (χ4v) is 3.24. The summed E-state index contributed by atoms with van der Waals surface area (Å²) < 4.78 is 10.1. The molecule has 0 unspecified atom stereocenters. The molecule has 0 aliphatic heterocycles. The highest BCUT2D eigenvalue weighted by Crippen LogP contribution is 2.29. The first-order chi connectivity index (χ1) is 12.0. The van der Waals surface area contributed by atoms with Crippen molar-refractivity contribution in [3.05, 3.63) is 52.4 Å². The SMILES string of the molecule is Cc1noc(C)c1CC(=O)OCC(=O)N[C@@H]1CCCc2ccccc21. The molecule has 1 atom stereocenters. The Morgan fingerprint density at radius 2 is 2.12 bits per heavy atom. The molecule has 1 aromatic heterocycles. The zero-order chi connectivity index (χ0) is 17.8. The van der Waals surface area contributed by atoms with Gasteiger partial charge in [0.25, 0.3) is 5.91 Å². The number of nitrogens with zero attached hydrogens (tertiary/aromatic N) is 1. The topological polar surface area (TPSA) is 81.4 Å². The van der Waals surface area contributed by atoms with Crippen LogP contribution in [0.25, 0.3) is 0 Å². The summed E-state index contributed by atoms with van der Waals surface area (Å²) in [5.74, 6) is -0.153. The Morgan fingerprint density at radius 3 is 2.88 bits per heavy atom. The molecule has 3 rings (SSSR count). The van der Waals surface area contributed by atoms with Gasteiger partial charge in [-0.05, 0) is 44.2 Å². The molecule has 1 N–H and O–H groups in total. The molecular weight excluding hydrogens is 320 g/mol. The van der Waals surface area contributed by atoms with Crippen LogP contribution in [0.4, 0.5) is 0 Å². The van der Waals surface area contributed by atoms with E-state index in [1.165, 1.54) is 5.56 Å². The van der Waals surface area contributed by atoms with Gasteiger partial charge >= 0.3 is 5.97 Å². The molecule has 1 amide bonds. The van der Waals surface area contributed by atoms with Crippen LogP contribution >= 0.6 is 0 Å². The second-order valence-electron chi connectivity index (χ2n) is 6.35. The first kappa shape index (κ1) is 17.2. The van der Waals surface area contributed by atoms with Gasteiger partial charge in [-0.1, -0.05) is 29.4 Å². The van der Waals surface area contributed by atoms with Crippen molar-refractivity contribution in [1.82, 2.24) is 10.5 Å². The maximum atomic E-state index is 12.1. The molecule has 6 nitrogen and oxygen atoms in total. The minimum atomic E-state index is -0.464. The summed E-state index contributed by atoms with van der Waals surface area (Å²) in [6.45, 7) is 3.24. The number of amides is 1. The molecule has 1 aromatic carbocycles. The number of aryl methyl sites for hydroxylation is 3. The van der Waals surface area contributed by atoms with Gasteiger partial charge in [0.2, 0.25) is 0 Å². The number of rotatable bonds is 5. The van der Waals surface area contributed by atoms with E-state index in [9.17, 15) is 9.59 Å². The molecular formula is C19H22N2O4. The maximum Gasteiger partial charge on any atom is 0.310 e. The summed E-state index contributed by atoms with van der Waals surface area (Å²) in [7, 11) is 0. The Hall–Kier alpha value is -2.63. The molecule has 0 saturated heterocycles. The number of aromatic nitrogens is 1. The van der Waals surface area contributed by atoms with Crippen molar-refractivity contribution in [1.29, 1.82) is 0 Å². The van der Waals surface area contributed by atoms with Crippen molar-refractivity contribution >= 4 is 11.9 Å². The Bertz CT molecular complexity index is 762. The van der Waals surface area contributed by atoms with Crippen LogP contribution in [0.5, 0.6) is 0 Å². The number of benzene rings is 1. The van der Waals surface area contributed by atoms with Gasteiger partial charge in [-0.3, -0.25) is 9.59 Å². The smallest absolute Gasteiger partial charge is 0.310 e. The number of carbonyl (C=O) groups is 2. The molecule has 2 aromatic rings. The second-order valence-corrected chi connectivity index (χ2v) is 6.35.